The number of hydrogen-bond acceptors (Lipinski definition) is 8. The van der Waals surface area contributed by atoms with E-state index < -0.39 is 19.7 Å². The van der Waals surface area contributed by atoms with E-state index >= 15 is 0 Å². The van der Waals surface area contributed by atoms with E-state index in [9.17, 15) is 21.9 Å². The Balaban J connectivity index is 1.21. The van der Waals surface area contributed by atoms with E-state index in [2.05, 4.69) is 0 Å². The third kappa shape index (κ3) is 7.80. The quantitative estimate of drug-likeness (QED) is 0.185. The smallest absolute Gasteiger partial charge is 0.206 e. The Morgan fingerprint density at radius 2 is 0.854 bits per heavy atom. The molecule has 0 heterocycles. The van der Waals surface area contributed by atoms with Crippen LogP contribution in [-0.2, 0) is 19.7 Å². The third-order valence-electron chi connectivity index (χ3n) is 6.00. The zero-order valence-electron chi connectivity index (χ0n) is 22.8. The van der Waals surface area contributed by atoms with Crippen molar-refractivity contribution >= 4 is 19.7 Å². The van der Waals surface area contributed by atoms with Crippen molar-refractivity contribution in [3.8, 4) is 23.0 Å². The molecule has 0 saturated heterocycles. The van der Waals surface area contributed by atoms with Crippen LogP contribution in [0.25, 0.3) is 0 Å². The summed E-state index contributed by atoms with van der Waals surface area (Å²) < 4.78 is 68.3. The largest absolute Gasteiger partial charge is 0.508 e. The number of hydrogen-bond donors (Lipinski definition) is 1. The first-order chi connectivity index (χ1) is 19.6. The fourth-order valence-corrected chi connectivity index (χ4v) is 6.40. The highest BCUT2D eigenvalue weighted by atomic mass is 32.2. The van der Waals surface area contributed by atoms with Gasteiger partial charge >= 0.3 is 0 Å². The van der Waals surface area contributed by atoms with E-state index in [4.69, 9.17) is 14.2 Å². The van der Waals surface area contributed by atoms with Gasteiger partial charge in [-0.05, 0) is 124 Å². The summed E-state index contributed by atoms with van der Waals surface area (Å²) in [4.78, 5) is 0.605. The molecule has 1 N–H and O–H groups in total. The number of aromatic hydroxyl groups is 1. The van der Waals surface area contributed by atoms with Crippen molar-refractivity contribution in [3.05, 3.63) is 97.1 Å². The molecule has 0 aromatic heterocycles. The zero-order chi connectivity index (χ0) is 29.5. The van der Waals surface area contributed by atoms with Gasteiger partial charge in [0.15, 0.2) is 0 Å². The van der Waals surface area contributed by atoms with Crippen LogP contribution in [0.5, 0.6) is 23.0 Å². The van der Waals surface area contributed by atoms with Crippen molar-refractivity contribution in [1.29, 1.82) is 0 Å². The van der Waals surface area contributed by atoms with Crippen LogP contribution in [0.2, 0.25) is 0 Å². The molecule has 0 fully saturated rings. The minimum Gasteiger partial charge on any atom is -0.508 e. The molecule has 0 saturated carbocycles. The summed E-state index contributed by atoms with van der Waals surface area (Å²) in [7, 11) is -7.34. The Bertz CT molecular complexity index is 1630. The van der Waals surface area contributed by atoms with Gasteiger partial charge in [-0.1, -0.05) is 0 Å². The SMILES string of the molecule is CC(C)Oc1ccc(S(=O)(=O)c2ccc(OCCCCOc3ccc(S(=O)(=O)c4ccc(O)cc4)cc3)cc2)cc1. The van der Waals surface area contributed by atoms with Crippen LogP contribution < -0.4 is 14.2 Å². The molecular formula is C31H32O8S2. The summed E-state index contributed by atoms with van der Waals surface area (Å²) in [5.41, 5.74) is 0. The van der Waals surface area contributed by atoms with Crippen molar-refractivity contribution < 1.29 is 36.2 Å². The summed E-state index contributed by atoms with van der Waals surface area (Å²) >= 11 is 0. The van der Waals surface area contributed by atoms with E-state index in [1.54, 1.807) is 36.4 Å². The second kappa shape index (κ2) is 13.1. The fourth-order valence-electron chi connectivity index (χ4n) is 3.88. The van der Waals surface area contributed by atoms with Crippen LogP contribution in [0.1, 0.15) is 26.7 Å². The first-order valence-corrected chi connectivity index (χ1v) is 16.0. The molecule has 8 nitrogen and oxygen atoms in total. The Kier molecular flexibility index (Phi) is 9.57. The maximum Gasteiger partial charge on any atom is 0.206 e. The average molecular weight is 597 g/mol. The summed E-state index contributed by atoms with van der Waals surface area (Å²) in [6.07, 6.45) is 1.41. The van der Waals surface area contributed by atoms with Crippen LogP contribution >= 0.6 is 0 Å². The summed E-state index contributed by atoms with van der Waals surface area (Å²) in [6.45, 7) is 4.66. The number of rotatable bonds is 13. The van der Waals surface area contributed by atoms with Gasteiger partial charge in [-0.25, -0.2) is 16.8 Å². The molecule has 0 atom stereocenters. The molecule has 4 aromatic rings. The minimum atomic E-state index is -3.68. The van der Waals surface area contributed by atoms with Gasteiger partial charge in [0.05, 0.1) is 38.9 Å². The lowest BCUT2D eigenvalue weighted by molar-refractivity contribution is 0.242. The number of sulfone groups is 2. The lowest BCUT2D eigenvalue weighted by atomic mass is 10.3. The highest BCUT2D eigenvalue weighted by Gasteiger charge is 2.19. The van der Waals surface area contributed by atoms with Gasteiger partial charge in [0.2, 0.25) is 19.7 Å². The standard InChI is InChI=1S/C31H32O8S2/c1-23(2)39-27-11-19-31(20-12-27)41(35,36)30-17-9-26(10-18-30)38-22-4-3-21-37-25-7-15-29(16-8-25)40(33,34)28-13-5-24(32)6-14-28/h5-20,23,32H,3-4,21-22H2,1-2H3. The molecule has 0 aliphatic carbocycles. The molecule has 0 spiro atoms. The lowest BCUT2D eigenvalue weighted by Crippen LogP contribution is -2.06. The number of phenolic OH excluding ortho intramolecular Hbond substituents is 1. The van der Waals surface area contributed by atoms with Crippen molar-refractivity contribution in [2.45, 2.75) is 52.4 Å². The predicted molar refractivity (Wildman–Crippen MR) is 154 cm³/mol. The van der Waals surface area contributed by atoms with Gasteiger partial charge < -0.3 is 19.3 Å². The molecule has 4 aromatic carbocycles. The monoisotopic (exact) mass is 596 g/mol. The summed E-state index contributed by atoms with van der Waals surface area (Å²) in [5, 5.41) is 9.38. The predicted octanol–water partition coefficient (Wildman–Crippen LogP) is 6.08. The summed E-state index contributed by atoms with van der Waals surface area (Å²) in [6, 6.07) is 24.2. The highest BCUT2D eigenvalue weighted by Crippen LogP contribution is 2.26. The fraction of sp³-hybridized carbons (Fsp3) is 0.226. The van der Waals surface area contributed by atoms with Crippen LogP contribution in [0.4, 0.5) is 0 Å². The number of benzene rings is 4. The molecule has 0 aliphatic heterocycles. The first-order valence-electron chi connectivity index (χ1n) is 13.1. The molecule has 41 heavy (non-hydrogen) atoms. The van der Waals surface area contributed by atoms with E-state index in [1.165, 1.54) is 60.7 Å². The zero-order valence-corrected chi connectivity index (χ0v) is 24.4. The molecular weight excluding hydrogens is 564 g/mol. The number of ether oxygens (including phenoxy) is 3. The molecule has 0 radical (unpaired) electrons. The number of unbranched alkanes of at least 4 members (excludes halogenated alkanes) is 1. The van der Waals surface area contributed by atoms with E-state index in [-0.39, 0.29) is 31.4 Å². The Morgan fingerprint density at radius 1 is 0.537 bits per heavy atom. The van der Waals surface area contributed by atoms with Gasteiger partial charge in [-0.15, -0.1) is 0 Å². The molecule has 0 unspecified atom stereocenters. The Labute approximate surface area is 241 Å². The Hall–Kier alpha value is -4.02. The maximum absolute atomic E-state index is 12.9. The normalized spacial score (nSPS) is 11.8. The van der Waals surface area contributed by atoms with Crippen molar-refractivity contribution in [1.82, 2.24) is 0 Å². The van der Waals surface area contributed by atoms with Crippen molar-refractivity contribution in [3.63, 3.8) is 0 Å². The minimum absolute atomic E-state index is 0.00191. The third-order valence-corrected chi connectivity index (χ3v) is 9.57. The maximum atomic E-state index is 12.9. The average Bonchev–Trinajstić information content (AvgIpc) is 2.95. The number of phenols is 1. The molecule has 10 heteroatoms. The van der Waals surface area contributed by atoms with Gasteiger partial charge in [0, 0.05) is 0 Å². The topological polar surface area (TPSA) is 116 Å². The Morgan fingerprint density at radius 3 is 1.20 bits per heavy atom. The second-order valence-electron chi connectivity index (χ2n) is 9.49. The van der Waals surface area contributed by atoms with E-state index in [0.29, 0.717) is 43.3 Å². The molecule has 216 valence electrons. The van der Waals surface area contributed by atoms with Gasteiger partial charge in [0.25, 0.3) is 0 Å². The van der Waals surface area contributed by atoms with Crippen LogP contribution in [0.3, 0.4) is 0 Å². The molecule has 0 aliphatic rings. The van der Waals surface area contributed by atoms with Gasteiger partial charge in [-0.3, -0.25) is 0 Å². The van der Waals surface area contributed by atoms with E-state index in [0.717, 1.165) is 0 Å². The lowest BCUT2D eigenvalue weighted by Gasteiger charge is -2.11. The van der Waals surface area contributed by atoms with E-state index in [1.807, 2.05) is 13.8 Å². The molecule has 0 amide bonds. The van der Waals surface area contributed by atoms with Crippen molar-refractivity contribution in [2.24, 2.45) is 0 Å². The molecule has 4 rings (SSSR count). The van der Waals surface area contributed by atoms with Crippen molar-refractivity contribution in [2.75, 3.05) is 13.2 Å². The van der Waals surface area contributed by atoms with Crippen LogP contribution in [-0.4, -0.2) is 41.3 Å². The second-order valence-corrected chi connectivity index (χ2v) is 13.4. The molecule has 0 bridgehead atoms. The van der Waals surface area contributed by atoms with Gasteiger partial charge in [-0.2, -0.15) is 0 Å². The first kappa shape index (κ1) is 30.0. The van der Waals surface area contributed by atoms with Gasteiger partial charge in [0.1, 0.15) is 23.0 Å². The highest BCUT2D eigenvalue weighted by molar-refractivity contribution is 7.91. The van der Waals surface area contributed by atoms with Crippen LogP contribution in [0.15, 0.2) is 117 Å². The van der Waals surface area contributed by atoms with Crippen LogP contribution in [0, 0.1) is 0 Å². The summed E-state index contributed by atoms with van der Waals surface area (Å²) in [5.74, 6) is 1.73.